The molecule has 3 aromatic rings. The fraction of sp³-hybridized carbons (Fsp3) is 0.304. The average molecular weight is 424 g/mol. The van der Waals surface area contributed by atoms with Crippen LogP contribution in [-0.4, -0.2) is 21.8 Å². The number of thiazole rings is 1. The molecule has 0 aliphatic rings. The lowest BCUT2D eigenvalue weighted by Crippen LogP contribution is -2.13. The van der Waals surface area contributed by atoms with Crippen molar-refractivity contribution in [3.63, 3.8) is 0 Å². The van der Waals surface area contributed by atoms with Crippen molar-refractivity contribution in [1.29, 1.82) is 0 Å². The van der Waals surface area contributed by atoms with Crippen LogP contribution in [0.25, 0.3) is 11.1 Å². The Hall–Kier alpha value is -3.06. The van der Waals surface area contributed by atoms with Crippen molar-refractivity contribution in [2.75, 3.05) is 0 Å². The minimum absolute atomic E-state index is 0.0266. The Kier molecular flexibility index (Phi) is 6.95. The van der Waals surface area contributed by atoms with Gasteiger partial charge in [-0.15, -0.1) is 11.3 Å². The smallest absolute Gasteiger partial charge is 0.341 e. The van der Waals surface area contributed by atoms with Crippen LogP contribution in [0, 0.1) is 13.8 Å². The van der Waals surface area contributed by atoms with Gasteiger partial charge in [0.25, 0.3) is 5.91 Å². The second kappa shape index (κ2) is 9.63. The van der Waals surface area contributed by atoms with Gasteiger partial charge in [0.05, 0.1) is 11.3 Å². The molecule has 6 nitrogen and oxygen atoms in total. The van der Waals surface area contributed by atoms with E-state index < -0.39 is 11.9 Å². The van der Waals surface area contributed by atoms with Crippen molar-refractivity contribution in [3.8, 4) is 11.1 Å². The zero-order valence-electron chi connectivity index (χ0n) is 17.4. The van der Waals surface area contributed by atoms with E-state index in [0.717, 1.165) is 41.6 Å². The van der Waals surface area contributed by atoms with Crippen LogP contribution < -0.4 is 5.73 Å². The van der Waals surface area contributed by atoms with Crippen LogP contribution in [0.4, 0.5) is 0 Å². The van der Waals surface area contributed by atoms with E-state index in [1.165, 1.54) is 11.3 Å². The molecule has 0 aliphatic heterocycles. The molecule has 2 heterocycles. The molecule has 0 spiro atoms. The molecule has 30 heavy (non-hydrogen) atoms. The number of aryl methyl sites for hydroxylation is 3. The largest absolute Gasteiger partial charge is 0.455 e. The molecular weight excluding hydrogens is 398 g/mol. The van der Waals surface area contributed by atoms with E-state index in [2.05, 4.69) is 16.9 Å². The summed E-state index contributed by atoms with van der Waals surface area (Å²) in [6.07, 6.45) is 2.97. The number of benzene rings is 1. The maximum absolute atomic E-state index is 13.0. The van der Waals surface area contributed by atoms with Crippen LogP contribution in [0.1, 0.15) is 62.6 Å². The maximum atomic E-state index is 13.0. The van der Waals surface area contributed by atoms with Gasteiger partial charge >= 0.3 is 5.97 Å². The second-order valence-electron chi connectivity index (χ2n) is 7.16. The van der Waals surface area contributed by atoms with Gasteiger partial charge in [0.15, 0.2) is 0 Å². The molecule has 0 radical (unpaired) electrons. The summed E-state index contributed by atoms with van der Waals surface area (Å²) in [5.74, 6) is -1.07. The highest BCUT2D eigenvalue weighted by atomic mass is 32.1. The topological polar surface area (TPSA) is 95.2 Å². The lowest BCUT2D eigenvalue weighted by molar-refractivity contribution is 0.0472. The van der Waals surface area contributed by atoms with E-state index >= 15 is 0 Å². The van der Waals surface area contributed by atoms with E-state index in [1.807, 2.05) is 44.2 Å². The van der Waals surface area contributed by atoms with E-state index in [0.29, 0.717) is 16.3 Å². The summed E-state index contributed by atoms with van der Waals surface area (Å²) >= 11 is 1.23. The Morgan fingerprint density at radius 3 is 2.50 bits per heavy atom. The standard InChI is InChI=1S/C23H25N3O3S/c1-4-5-6-17-11-18(16-9-7-14(2)8-10-16)21(15(3)25-17)23(28)29-12-20-26-19(13-30-20)22(24)27/h7-11,13H,4-6,12H2,1-3H3,(H2,24,27). The van der Waals surface area contributed by atoms with E-state index in [4.69, 9.17) is 10.5 Å². The van der Waals surface area contributed by atoms with E-state index in [9.17, 15) is 9.59 Å². The number of unbranched alkanes of at least 4 members (excludes halogenated alkanes) is 1. The summed E-state index contributed by atoms with van der Waals surface area (Å²) in [6, 6.07) is 10.0. The van der Waals surface area contributed by atoms with Gasteiger partial charge in [0.2, 0.25) is 0 Å². The van der Waals surface area contributed by atoms with Gasteiger partial charge in [-0.25, -0.2) is 9.78 Å². The molecule has 3 rings (SSSR count). The monoisotopic (exact) mass is 423 g/mol. The van der Waals surface area contributed by atoms with Crippen LogP contribution >= 0.6 is 11.3 Å². The average Bonchev–Trinajstić information content (AvgIpc) is 3.20. The number of hydrogen-bond acceptors (Lipinski definition) is 6. The number of aromatic nitrogens is 2. The quantitative estimate of drug-likeness (QED) is 0.533. The molecule has 0 bridgehead atoms. The highest BCUT2D eigenvalue weighted by molar-refractivity contribution is 7.09. The number of carbonyl (C=O) groups excluding carboxylic acids is 2. The SMILES string of the molecule is CCCCc1cc(-c2ccc(C)cc2)c(C(=O)OCc2nc(C(N)=O)cs2)c(C)n1. The highest BCUT2D eigenvalue weighted by Crippen LogP contribution is 2.28. The molecule has 0 atom stereocenters. The first kappa shape index (κ1) is 21.6. The van der Waals surface area contributed by atoms with Crippen molar-refractivity contribution in [2.45, 2.75) is 46.6 Å². The van der Waals surface area contributed by atoms with E-state index in [-0.39, 0.29) is 12.3 Å². The van der Waals surface area contributed by atoms with Gasteiger partial charge < -0.3 is 10.5 Å². The predicted octanol–water partition coefficient (Wildman–Crippen LogP) is 4.62. The predicted molar refractivity (Wildman–Crippen MR) is 118 cm³/mol. The summed E-state index contributed by atoms with van der Waals surface area (Å²) < 4.78 is 5.51. The van der Waals surface area contributed by atoms with Crippen LogP contribution in [0.3, 0.4) is 0 Å². The second-order valence-corrected chi connectivity index (χ2v) is 8.10. The summed E-state index contributed by atoms with van der Waals surface area (Å²) in [5.41, 5.74) is 10.4. The first-order chi connectivity index (χ1) is 14.4. The number of rotatable bonds is 8. The summed E-state index contributed by atoms with van der Waals surface area (Å²) in [6.45, 7) is 5.97. The molecule has 7 heteroatoms. The molecular formula is C23H25N3O3S. The van der Waals surface area contributed by atoms with Gasteiger partial charge in [-0.2, -0.15) is 0 Å². The number of primary amides is 1. The van der Waals surface area contributed by atoms with Crippen molar-refractivity contribution in [1.82, 2.24) is 9.97 Å². The number of nitrogens with two attached hydrogens (primary N) is 1. The van der Waals surface area contributed by atoms with Crippen molar-refractivity contribution >= 4 is 23.2 Å². The van der Waals surface area contributed by atoms with Gasteiger partial charge in [-0.1, -0.05) is 43.2 Å². The molecule has 156 valence electrons. The zero-order valence-corrected chi connectivity index (χ0v) is 18.2. The first-order valence-electron chi connectivity index (χ1n) is 9.88. The molecule has 0 fully saturated rings. The van der Waals surface area contributed by atoms with Crippen LogP contribution in [0.2, 0.25) is 0 Å². The van der Waals surface area contributed by atoms with Crippen molar-refractivity contribution in [3.05, 3.63) is 68.9 Å². The molecule has 0 unspecified atom stereocenters. The highest BCUT2D eigenvalue weighted by Gasteiger charge is 2.20. The first-order valence-corrected chi connectivity index (χ1v) is 10.8. The number of carbonyl (C=O) groups is 2. The minimum atomic E-state index is -0.604. The van der Waals surface area contributed by atoms with Crippen LogP contribution in [0.5, 0.6) is 0 Å². The number of pyridine rings is 1. The van der Waals surface area contributed by atoms with Gasteiger partial charge in [-0.3, -0.25) is 9.78 Å². The number of hydrogen-bond donors (Lipinski definition) is 1. The number of ether oxygens (including phenoxy) is 1. The maximum Gasteiger partial charge on any atom is 0.341 e. The van der Waals surface area contributed by atoms with E-state index in [1.54, 1.807) is 5.38 Å². The Labute approximate surface area is 180 Å². The molecule has 0 saturated heterocycles. The zero-order chi connectivity index (χ0) is 21.7. The number of esters is 1. The van der Waals surface area contributed by atoms with Crippen molar-refractivity contribution < 1.29 is 14.3 Å². The third-order valence-corrected chi connectivity index (χ3v) is 5.56. The molecule has 1 amide bonds. The van der Waals surface area contributed by atoms with Gasteiger partial charge in [0, 0.05) is 11.1 Å². The Bertz CT molecular complexity index is 1060. The van der Waals surface area contributed by atoms with Gasteiger partial charge in [-0.05, 0) is 43.9 Å². The fourth-order valence-corrected chi connectivity index (χ4v) is 3.83. The summed E-state index contributed by atoms with van der Waals surface area (Å²) in [5, 5.41) is 2.07. The normalized spacial score (nSPS) is 10.8. The molecule has 2 N–H and O–H groups in total. The number of nitrogens with zero attached hydrogens (tertiary/aromatic N) is 2. The van der Waals surface area contributed by atoms with Crippen LogP contribution in [-0.2, 0) is 17.8 Å². The molecule has 2 aromatic heterocycles. The fourth-order valence-electron chi connectivity index (χ4n) is 3.13. The van der Waals surface area contributed by atoms with Crippen molar-refractivity contribution in [2.24, 2.45) is 5.73 Å². The third-order valence-electron chi connectivity index (χ3n) is 4.74. The molecule has 1 aromatic carbocycles. The Morgan fingerprint density at radius 2 is 1.87 bits per heavy atom. The van der Waals surface area contributed by atoms with Gasteiger partial charge in [0.1, 0.15) is 17.3 Å². The molecule has 0 saturated carbocycles. The third kappa shape index (κ3) is 5.10. The Balaban J connectivity index is 1.91. The summed E-state index contributed by atoms with van der Waals surface area (Å²) in [4.78, 5) is 32.9. The lowest BCUT2D eigenvalue weighted by atomic mass is 9.96. The Morgan fingerprint density at radius 1 is 1.13 bits per heavy atom. The lowest BCUT2D eigenvalue weighted by Gasteiger charge is -2.14. The van der Waals surface area contributed by atoms with Crippen LogP contribution in [0.15, 0.2) is 35.7 Å². The minimum Gasteiger partial charge on any atom is -0.455 e. The number of amides is 1. The molecule has 0 aliphatic carbocycles. The summed E-state index contributed by atoms with van der Waals surface area (Å²) in [7, 11) is 0.